The summed E-state index contributed by atoms with van der Waals surface area (Å²) in [5.74, 6) is 0.469. The van der Waals surface area contributed by atoms with Gasteiger partial charge in [0, 0.05) is 25.5 Å². The summed E-state index contributed by atoms with van der Waals surface area (Å²) in [4.78, 5) is 16.4. The van der Waals surface area contributed by atoms with E-state index < -0.39 is 0 Å². The van der Waals surface area contributed by atoms with Crippen LogP contribution in [0, 0.1) is 6.92 Å². The van der Waals surface area contributed by atoms with Gasteiger partial charge < -0.3 is 15.8 Å². The van der Waals surface area contributed by atoms with E-state index in [1.165, 1.54) is 11.1 Å². The van der Waals surface area contributed by atoms with E-state index in [9.17, 15) is 4.79 Å². The molecule has 0 unspecified atom stereocenters. The number of ether oxygens (including phenoxy) is 1. The molecule has 2 aromatic carbocycles. The number of methoxy groups -OCH3 is 1. The fourth-order valence-corrected chi connectivity index (χ4v) is 3.13. The van der Waals surface area contributed by atoms with Crippen molar-refractivity contribution in [2.24, 2.45) is 0 Å². The van der Waals surface area contributed by atoms with E-state index in [0.717, 1.165) is 22.0 Å². The lowest BCUT2D eigenvalue weighted by molar-refractivity contribution is -0.121. The summed E-state index contributed by atoms with van der Waals surface area (Å²) in [6.45, 7) is 3.13. The zero-order valence-electron chi connectivity index (χ0n) is 15.8. The topological polar surface area (TPSA) is 77.2 Å². The third-order valence-corrected chi connectivity index (χ3v) is 4.63. The monoisotopic (exact) mass is 363 g/mol. The maximum atomic E-state index is 11.9. The Morgan fingerprint density at radius 2 is 2.00 bits per heavy atom. The fourth-order valence-electron chi connectivity index (χ4n) is 3.13. The molecule has 0 saturated heterocycles. The Balaban J connectivity index is 1.81. The number of hydrogen-bond donors (Lipinski definition) is 2. The number of carbonyl (C=O) groups is 1. The number of nitrogens with one attached hydrogen (secondary N) is 1. The molecule has 1 amide bonds. The highest BCUT2D eigenvalue weighted by Gasteiger charge is 2.09. The number of nitrogen functional groups attached to an aromatic ring is 1. The van der Waals surface area contributed by atoms with Crippen LogP contribution in [0.25, 0.3) is 22.0 Å². The van der Waals surface area contributed by atoms with Gasteiger partial charge in [-0.2, -0.15) is 0 Å². The van der Waals surface area contributed by atoms with Gasteiger partial charge in [-0.1, -0.05) is 30.3 Å². The third kappa shape index (κ3) is 4.63. The van der Waals surface area contributed by atoms with Gasteiger partial charge >= 0.3 is 0 Å². The molecule has 27 heavy (non-hydrogen) atoms. The number of aromatic nitrogens is 1. The molecule has 0 saturated carbocycles. The van der Waals surface area contributed by atoms with E-state index in [0.29, 0.717) is 31.8 Å². The van der Waals surface area contributed by atoms with Crippen LogP contribution in [0.2, 0.25) is 0 Å². The Labute approximate surface area is 159 Å². The molecule has 5 nitrogen and oxygen atoms in total. The Morgan fingerprint density at radius 3 is 2.78 bits per heavy atom. The molecule has 3 aromatic rings. The van der Waals surface area contributed by atoms with Crippen molar-refractivity contribution in [3.63, 3.8) is 0 Å². The molecule has 0 spiro atoms. The second-order valence-corrected chi connectivity index (χ2v) is 6.60. The van der Waals surface area contributed by atoms with E-state index in [-0.39, 0.29) is 5.91 Å². The standard InChI is InChI=1S/C22H25N3O2/c1-15-5-3-4-6-19(15)16-7-9-20-18(13-16)14-17(22(23)25-20)8-10-21(26)24-11-12-27-2/h3-7,9,13-14H,8,10-12H2,1-2H3,(H2,23,25)(H,24,26). The molecule has 3 N–H and O–H groups in total. The lowest BCUT2D eigenvalue weighted by Crippen LogP contribution is -2.27. The molecule has 0 bridgehead atoms. The number of anilines is 1. The van der Waals surface area contributed by atoms with Crippen LogP contribution in [0.1, 0.15) is 17.5 Å². The van der Waals surface area contributed by atoms with Gasteiger partial charge in [-0.05, 0) is 53.8 Å². The summed E-state index contributed by atoms with van der Waals surface area (Å²) < 4.78 is 4.93. The van der Waals surface area contributed by atoms with E-state index in [1.807, 2.05) is 24.3 Å². The van der Waals surface area contributed by atoms with E-state index in [2.05, 4.69) is 41.5 Å². The SMILES string of the molecule is COCCNC(=O)CCc1cc2cc(-c3ccccc3C)ccc2nc1N. The van der Waals surface area contributed by atoms with Crippen molar-refractivity contribution >= 4 is 22.6 Å². The number of fused-ring (bicyclic) bond motifs is 1. The number of carbonyl (C=O) groups excluding carboxylic acids is 1. The van der Waals surface area contributed by atoms with Crippen LogP contribution in [0.15, 0.2) is 48.5 Å². The first-order valence-electron chi connectivity index (χ1n) is 9.09. The number of nitrogens with two attached hydrogens (primary N) is 1. The number of hydrogen-bond acceptors (Lipinski definition) is 4. The molecule has 1 heterocycles. The number of rotatable bonds is 7. The van der Waals surface area contributed by atoms with Gasteiger partial charge in [-0.25, -0.2) is 4.98 Å². The Bertz CT molecular complexity index is 953. The zero-order valence-corrected chi connectivity index (χ0v) is 15.8. The van der Waals surface area contributed by atoms with Crippen LogP contribution < -0.4 is 11.1 Å². The van der Waals surface area contributed by atoms with Gasteiger partial charge in [0.05, 0.1) is 12.1 Å². The van der Waals surface area contributed by atoms with Crippen molar-refractivity contribution in [2.45, 2.75) is 19.8 Å². The molecular formula is C22H25N3O2. The van der Waals surface area contributed by atoms with Crippen molar-refractivity contribution < 1.29 is 9.53 Å². The quantitative estimate of drug-likeness (QED) is 0.630. The number of pyridine rings is 1. The van der Waals surface area contributed by atoms with Crippen LogP contribution in [-0.4, -0.2) is 31.2 Å². The molecule has 0 aliphatic heterocycles. The first kappa shape index (κ1) is 18.9. The van der Waals surface area contributed by atoms with Crippen LogP contribution in [0.5, 0.6) is 0 Å². The van der Waals surface area contributed by atoms with E-state index >= 15 is 0 Å². The second kappa shape index (κ2) is 8.64. The zero-order chi connectivity index (χ0) is 19.2. The van der Waals surface area contributed by atoms with Crippen molar-refractivity contribution in [3.05, 3.63) is 59.7 Å². The number of nitrogens with zero attached hydrogens (tertiary/aromatic N) is 1. The highest BCUT2D eigenvalue weighted by Crippen LogP contribution is 2.28. The Hall–Kier alpha value is -2.92. The summed E-state index contributed by atoms with van der Waals surface area (Å²) in [7, 11) is 1.61. The van der Waals surface area contributed by atoms with Gasteiger partial charge in [-0.15, -0.1) is 0 Å². The van der Waals surface area contributed by atoms with Crippen LogP contribution in [-0.2, 0) is 16.0 Å². The summed E-state index contributed by atoms with van der Waals surface area (Å²) in [5.41, 5.74) is 11.4. The molecule has 0 aliphatic rings. The van der Waals surface area contributed by atoms with Gasteiger partial charge in [0.25, 0.3) is 0 Å². The van der Waals surface area contributed by atoms with Crippen LogP contribution in [0.3, 0.4) is 0 Å². The largest absolute Gasteiger partial charge is 0.383 e. The number of aryl methyl sites for hydroxylation is 2. The van der Waals surface area contributed by atoms with Crippen molar-refractivity contribution in [1.29, 1.82) is 0 Å². The maximum absolute atomic E-state index is 11.9. The average Bonchev–Trinajstić information content (AvgIpc) is 2.66. The first-order chi connectivity index (χ1) is 13.1. The van der Waals surface area contributed by atoms with E-state index in [4.69, 9.17) is 10.5 Å². The highest BCUT2D eigenvalue weighted by molar-refractivity contribution is 5.87. The first-order valence-corrected chi connectivity index (χ1v) is 9.09. The smallest absolute Gasteiger partial charge is 0.220 e. The van der Waals surface area contributed by atoms with Gasteiger partial charge in [-0.3, -0.25) is 4.79 Å². The molecule has 5 heteroatoms. The fraction of sp³-hybridized carbons (Fsp3) is 0.273. The minimum absolute atomic E-state index is 0.0137. The molecule has 0 radical (unpaired) electrons. The minimum Gasteiger partial charge on any atom is -0.383 e. The third-order valence-electron chi connectivity index (χ3n) is 4.63. The van der Waals surface area contributed by atoms with Crippen LogP contribution in [0.4, 0.5) is 5.82 Å². The lowest BCUT2D eigenvalue weighted by atomic mass is 9.98. The molecule has 1 aromatic heterocycles. The Kier molecular flexibility index (Phi) is 6.04. The van der Waals surface area contributed by atoms with Gasteiger partial charge in [0.2, 0.25) is 5.91 Å². The lowest BCUT2D eigenvalue weighted by Gasteiger charge is -2.10. The van der Waals surface area contributed by atoms with Crippen molar-refractivity contribution in [1.82, 2.24) is 10.3 Å². The molecule has 0 atom stereocenters. The van der Waals surface area contributed by atoms with E-state index in [1.54, 1.807) is 7.11 Å². The summed E-state index contributed by atoms with van der Waals surface area (Å²) in [5, 5.41) is 3.85. The molecule has 0 aliphatic carbocycles. The average molecular weight is 363 g/mol. The Morgan fingerprint density at radius 1 is 1.19 bits per heavy atom. The molecular weight excluding hydrogens is 338 g/mol. The normalized spacial score (nSPS) is 10.9. The predicted octanol–water partition coefficient (Wildman–Crippen LogP) is 3.49. The molecule has 140 valence electrons. The van der Waals surface area contributed by atoms with Crippen molar-refractivity contribution in [2.75, 3.05) is 26.0 Å². The van der Waals surface area contributed by atoms with Crippen molar-refractivity contribution in [3.8, 4) is 11.1 Å². The minimum atomic E-state index is -0.0137. The van der Waals surface area contributed by atoms with Gasteiger partial charge in [0.1, 0.15) is 5.82 Å². The number of benzene rings is 2. The summed E-state index contributed by atoms with van der Waals surface area (Å²) in [6, 6.07) is 16.5. The predicted molar refractivity (Wildman–Crippen MR) is 110 cm³/mol. The van der Waals surface area contributed by atoms with Crippen LogP contribution >= 0.6 is 0 Å². The van der Waals surface area contributed by atoms with Gasteiger partial charge in [0.15, 0.2) is 0 Å². The highest BCUT2D eigenvalue weighted by atomic mass is 16.5. The maximum Gasteiger partial charge on any atom is 0.220 e. The second-order valence-electron chi connectivity index (χ2n) is 6.60. The summed E-state index contributed by atoms with van der Waals surface area (Å²) >= 11 is 0. The molecule has 3 rings (SSSR count). The molecule has 0 fully saturated rings. The summed E-state index contributed by atoms with van der Waals surface area (Å²) in [6.07, 6.45) is 0.931. The number of amides is 1.